The lowest BCUT2D eigenvalue weighted by Gasteiger charge is -2.27. The van der Waals surface area contributed by atoms with Gasteiger partial charge in [-0.25, -0.2) is 4.79 Å². The van der Waals surface area contributed by atoms with Gasteiger partial charge in [-0.1, -0.05) is 24.3 Å². The normalized spacial score (nSPS) is 24.2. The molecule has 2 rings (SSSR count). The van der Waals surface area contributed by atoms with Crippen LogP contribution >= 0.6 is 12.6 Å². The Hall–Kier alpha value is -1.99. The quantitative estimate of drug-likeness (QED) is 0.413. The van der Waals surface area contributed by atoms with Crippen molar-refractivity contribution in [1.82, 2.24) is 10.6 Å². The highest BCUT2D eigenvalue weighted by molar-refractivity contribution is 7.90. The Kier molecular flexibility index (Phi) is 3.74. The summed E-state index contributed by atoms with van der Waals surface area (Å²) in [6.07, 6.45) is 0.203. The standard InChI is InChI=1S/C13H15N3O3S/c1-13(11(18)15-12(19)16-13)10(17)8-4-2-7(3-5-8)9(20)6-14/h2-6,10,17,20H,14H2,1H3,(H2,15,16,18,19)/b9-6-. The van der Waals surface area contributed by atoms with E-state index in [0.717, 1.165) is 5.56 Å². The van der Waals surface area contributed by atoms with E-state index in [9.17, 15) is 14.7 Å². The van der Waals surface area contributed by atoms with Gasteiger partial charge in [0.05, 0.1) is 0 Å². The minimum atomic E-state index is -1.38. The highest BCUT2D eigenvalue weighted by Gasteiger charge is 2.48. The molecule has 0 spiro atoms. The molecule has 2 atom stereocenters. The minimum absolute atomic E-state index is 0.506. The average Bonchev–Trinajstić information content (AvgIpc) is 2.71. The number of urea groups is 1. The Morgan fingerprint density at radius 2 is 2.00 bits per heavy atom. The molecular formula is C13H15N3O3S. The number of imide groups is 1. The van der Waals surface area contributed by atoms with Gasteiger partial charge in [0, 0.05) is 11.1 Å². The topological polar surface area (TPSA) is 104 Å². The van der Waals surface area contributed by atoms with E-state index in [4.69, 9.17) is 5.73 Å². The van der Waals surface area contributed by atoms with Gasteiger partial charge in [-0.15, -0.1) is 12.6 Å². The molecule has 6 nitrogen and oxygen atoms in total. The van der Waals surface area contributed by atoms with Crippen LogP contribution in [0.25, 0.3) is 4.91 Å². The fourth-order valence-corrected chi connectivity index (χ4v) is 2.16. The molecule has 0 aromatic heterocycles. The number of nitrogens with two attached hydrogens (primary N) is 1. The van der Waals surface area contributed by atoms with Crippen molar-refractivity contribution in [3.8, 4) is 0 Å². The molecule has 3 amide bonds. The van der Waals surface area contributed by atoms with Gasteiger partial charge >= 0.3 is 6.03 Å². The lowest BCUT2D eigenvalue weighted by Crippen LogP contribution is -2.49. The van der Waals surface area contributed by atoms with Crippen molar-refractivity contribution in [2.75, 3.05) is 0 Å². The molecule has 106 valence electrons. The molecule has 1 fully saturated rings. The van der Waals surface area contributed by atoms with Crippen LogP contribution in [0.5, 0.6) is 0 Å². The lowest BCUT2D eigenvalue weighted by molar-refractivity contribution is -0.127. The van der Waals surface area contributed by atoms with Crippen molar-refractivity contribution < 1.29 is 14.7 Å². The third kappa shape index (κ3) is 2.37. The predicted molar refractivity (Wildman–Crippen MR) is 77.6 cm³/mol. The smallest absolute Gasteiger partial charge is 0.322 e. The molecular weight excluding hydrogens is 278 g/mol. The molecule has 1 aromatic carbocycles. The van der Waals surface area contributed by atoms with Crippen LogP contribution in [0.15, 0.2) is 30.5 Å². The van der Waals surface area contributed by atoms with E-state index in [0.29, 0.717) is 10.5 Å². The number of nitrogens with one attached hydrogen (secondary N) is 2. The van der Waals surface area contributed by atoms with Crippen LogP contribution in [0, 0.1) is 0 Å². The van der Waals surface area contributed by atoms with Gasteiger partial charge in [-0.3, -0.25) is 10.1 Å². The summed E-state index contributed by atoms with van der Waals surface area (Å²) in [4.78, 5) is 23.6. The molecule has 1 aliphatic rings. The second-order valence-corrected chi connectivity index (χ2v) is 5.17. The Labute approximate surface area is 121 Å². The van der Waals surface area contributed by atoms with Crippen LogP contribution < -0.4 is 16.4 Å². The van der Waals surface area contributed by atoms with E-state index in [1.54, 1.807) is 24.3 Å². The summed E-state index contributed by atoms with van der Waals surface area (Å²) in [7, 11) is 0. The van der Waals surface area contributed by atoms with E-state index < -0.39 is 23.6 Å². The highest BCUT2D eigenvalue weighted by Crippen LogP contribution is 2.29. The monoisotopic (exact) mass is 293 g/mol. The van der Waals surface area contributed by atoms with Crippen LogP contribution in [0.2, 0.25) is 0 Å². The van der Waals surface area contributed by atoms with Gasteiger partial charge < -0.3 is 16.2 Å². The number of rotatable bonds is 3. The van der Waals surface area contributed by atoms with Crippen LogP contribution in [-0.4, -0.2) is 22.6 Å². The summed E-state index contributed by atoms with van der Waals surface area (Å²) in [6.45, 7) is 1.47. The summed E-state index contributed by atoms with van der Waals surface area (Å²) < 4.78 is 0. The Balaban J connectivity index is 2.28. The highest BCUT2D eigenvalue weighted by atomic mass is 32.1. The first kappa shape index (κ1) is 14.4. The maximum absolute atomic E-state index is 11.8. The van der Waals surface area contributed by atoms with Crippen molar-refractivity contribution in [3.63, 3.8) is 0 Å². The van der Waals surface area contributed by atoms with Gasteiger partial charge in [0.15, 0.2) is 0 Å². The van der Waals surface area contributed by atoms with Crippen molar-refractivity contribution >= 4 is 29.5 Å². The Bertz CT molecular complexity index is 585. The lowest BCUT2D eigenvalue weighted by atomic mass is 9.89. The minimum Gasteiger partial charge on any atom is -0.404 e. The van der Waals surface area contributed by atoms with Crippen molar-refractivity contribution in [3.05, 3.63) is 41.6 Å². The van der Waals surface area contributed by atoms with Crippen LogP contribution in [-0.2, 0) is 4.79 Å². The number of aliphatic hydroxyl groups is 1. The van der Waals surface area contributed by atoms with Crippen LogP contribution in [0.1, 0.15) is 24.2 Å². The SMILES string of the molecule is CC1(C(O)c2ccc(/C(S)=C/N)cc2)NC(=O)NC1=O. The number of carbonyl (C=O) groups is 2. The van der Waals surface area contributed by atoms with Gasteiger partial charge in [0.1, 0.15) is 11.6 Å². The molecule has 1 aromatic rings. The number of amides is 3. The first-order valence-electron chi connectivity index (χ1n) is 5.91. The first-order chi connectivity index (χ1) is 9.38. The van der Waals surface area contributed by atoms with Crippen LogP contribution in [0.3, 0.4) is 0 Å². The molecule has 1 aliphatic heterocycles. The zero-order valence-electron chi connectivity index (χ0n) is 10.8. The summed E-state index contributed by atoms with van der Waals surface area (Å²) in [5.74, 6) is -0.559. The third-order valence-electron chi connectivity index (χ3n) is 3.30. The zero-order valence-corrected chi connectivity index (χ0v) is 11.6. The fraction of sp³-hybridized carbons (Fsp3) is 0.231. The van der Waals surface area contributed by atoms with E-state index in [-0.39, 0.29) is 0 Å². The first-order valence-corrected chi connectivity index (χ1v) is 6.36. The van der Waals surface area contributed by atoms with E-state index in [1.165, 1.54) is 13.1 Å². The Morgan fingerprint density at radius 1 is 1.40 bits per heavy atom. The summed E-state index contributed by atoms with van der Waals surface area (Å²) >= 11 is 4.19. The number of benzene rings is 1. The summed E-state index contributed by atoms with van der Waals surface area (Å²) in [5, 5.41) is 14.9. The molecule has 1 heterocycles. The number of hydrogen-bond donors (Lipinski definition) is 5. The van der Waals surface area contributed by atoms with E-state index in [1.807, 2.05) is 0 Å². The average molecular weight is 293 g/mol. The molecule has 0 radical (unpaired) electrons. The molecule has 1 saturated heterocycles. The summed E-state index contributed by atoms with van der Waals surface area (Å²) in [6, 6.07) is 6.15. The number of carbonyl (C=O) groups excluding carboxylic acids is 2. The van der Waals surface area contributed by atoms with Crippen molar-refractivity contribution in [2.45, 2.75) is 18.6 Å². The van der Waals surface area contributed by atoms with Gasteiger partial charge in [0.25, 0.3) is 5.91 Å². The van der Waals surface area contributed by atoms with E-state index >= 15 is 0 Å². The molecule has 2 unspecified atom stereocenters. The molecule has 5 N–H and O–H groups in total. The van der Waals surface area contributed by atoms with Crippen molar-refractivity contribution in [1.29, 1.82) is 0 Å². The number of hydrogen-bond acceptors (Lipinski definition) is 5. The second kappa shape index (κ2) is 5.18. The van der Waals surface area contributed by atoms with Gasteiger partial charge in [-0.05, 0) is 18.1 Å². The number of thiol groups is 1. The van der Waals surface area contributed by atoms with Crippen LogP contribution in [0.4, 0.5) is 4.79 Å². The third-order valence-corrected chi connectivity index (χ3v) is 3.71. The molecule has 0 bridgehead atoms. The maximum Gasteiger partial charge on any atom is 0.322 e. The fourth-order valence-electron chi connectivity index (χ4n) is 2.02. The van der Waals surface area contributed by atoms with Gasteiger partial charge in [0.2, 0.25) is 0 Å². The number of aliphatic hydroxyl groups excluding tert-OH is 1. The molecule has 0 aliphatic carbocycles. The molecule has 20 heavy (non-hydrogen) atoms. The molecule has 0 saturated carbocycles. The second-order valence-electron chi connectivity index (χ2n) is 4.69. The summed E-state index contributed by atoms with van der Waals surface area (Å²) in [5.41, 5.74) is 5.28. The zero-order chi connectivity index (χ0) is 14.9. The predicted octanol–water partition coefficient (Wildman–Crippen LogP) is 0.505. The van der Waals surface area contributed by atoms with Crippen molar-refractivity contribution in [2.24, 2.45) is 5.73 Å². The maximum atomic E-state index is 11.8. The largest absolute Gasteiger partial charge is 0.404 e. The molecule has 7 heteroatoms. The van der Waals surface area contributed by atoms with E-state index in [2.05, 4.69) is 23.3 Å². The Morgan fingerprint density at radius 3 is 2.45 bits per heavy atom. The van der Waals surface area contributed by atoms with Gasteiger partial charge in [-0.2, -0.15) is 0 Å².